The first-order valence-corrected chi connectivity index (χ1v) is 6.88. The van der Waals surface area contributed by atoms with Crippen LogP contribution in [0.1, 0.15) is 17.5 Å². The molecule has 0 radical (unpaired) electrons. The molecular weight excluding hydrogens is 288 g/mol. The van der Waals surface area contributed by atoms with Crippen molar-refractivity contribution in [2.24, 2.45) is 0 Å². The number of aryl methyl sites for hydroxylation is 2. The van der Waals surface area contributed by atoms with Gasteiger partial charge in [0.25, 0.3) is 0 Å². The van der Waals surface area contributed by atoms with E-state index in [1.807, 2.05) is 19.1 Å². The highest BCUT2D eigenvalue weighted by molar-refractivity contribution is 5.92. The fourth-order valence-corrected chi connectivity index (χ4v) is 2.07. The molecular formula is C17H17F2NO2. The van der Waals surface area contributed by atoms with Crippen molar-refractivity contribution in [2.75, 3.05) is 12.4 Å². The summed E-state index contributed by atoms with van der Waals surface area (Å²) in [4.78, 5) is 12.0. The number of carbonyl (C=O) groups excluding carboxylic acids is 1. The molecule has 0 atom stereocenters. The Bertz CT molecular complexity index is 686. The molecule has 0 saturated heterocycles. The predicted molar refractivity (Wildman–Crippen MR) is 81.0 cm³/mol. The number of ether oxygens (including phenoxy) is 1. The van der Waals surface area contributed by atoms with Crippen molar-refractivity contribution < 1.29 is 18.3 Å². The number of carbonyl (C=O) groups is 1. The summed E-state index contributed by atoms with van der Waals surface area (Å²) in [5, 5.41) is 2.75. The van der Waals surface area contributed by atoms with Crippen molar-refractivity contribution in [3.8, 4) is 5.75 Å². The summed E-state index contributed by atoms with van der Waals surface area (Å²) in [6.45, 7) is 1.93. The second-order valence-corrected chi connectivity index (χ2v) is 5.00. The monoisotopic (exact) mass is 305 g/mol. The van der Waals surface area contributed by atoms with Gasteiger partial charge >= 0.3 is 0 Å². The van der Waals surface area contributed by atoms with Crippen LogP contribution in [0.5, 0.6) is 5.75 Å². The molecule has 0 aliphatic rings. The minimum atomic E-state index is -0.905. The average Bonchev–Trinajstić information content (AvgIpc) is 2.50. The van der Waals surface area contributed by atoms with Gasteiger partial charge in [0.05, 0.1) is 12.8 Å². The summed E-state index contributed by atoms with van der Waals surface area (Å²) in [5.41, 5.74) is 2.19. The van der Waals surface area contributed by atoms with E-state index in [0.717, 1.165) is 17.7 Å². The maximum atomic E-state index is 13.1. The molecule has 0 saturated carbocycles. The number of hydrogen-bond donors (Lipinski definition) is 1. The summed E-state index contributed by atoms with van der Waals surface area (Å²) >= 11 is 0. The van der Waals surface area contributed by atoms with Crippen LogP contribution in [0.4, 0.5) is 14.5 Å². The third kappa shape index (κ3) is 4.04. The van der Waals surface area contributed by atoms with Gasteiger partial charge in [-0.05, 0) is 48.7 Å². The highest BCUT2D eigenvalue weighted by Crippen LogP contribution is 2.25. The summed E-state index contributed by atoms with van der Waals surface area (Å²) in [6, 6.07) is 9.10. The van der Waals surface area contributed by atoms with E-state index in [1.165, 1.54) is 13.2 Å². The van der Waals surface area contributed by atoms with Gasteiger partial charge in [0.15, 0.2) is 11.6 Å². The predicted octanol–water partition coefficient (Wildman–Crippen LogP) is 3.85. The molecule has 2 rings (SSSR count). The number of anilines is 1. The molecule has 0 aliphatic heterocycles. The Hall–Kier alpha value is -2.43. The zero-order valence-electron chi connectivity index (χ0n) is 12.5. The minimum Gasteiger partial charge on any atom is -0.495 e. The van der Waals surface area contributed by atoms with Crippen LogP contribution in [-0.4, -0.2) is 13.0 Å². The molecule has 0 aliphatic carbocycles. The highest BCUT2D eigenvalue weighted by atomic mass is 19.2. The van der Waals surface area contributed by atoms with E-state index < -0.39 is 11.6 Å². The number of rotatable bonds is 5. The van der Waals surface area contributed by atoms with Gasteiger partial charge < -0.3 is 10.1 Å². The molecule has 2 aromatic rings. The van der Waals surface area contributed by atoms with Crippen molar-refractivity contribution in [3.05, 3.63) is 59.2 Å². The maximum Gasteiger partial charge on any atom is 0.224 e. The zero-order valence-corrected chi connectivity index (χ0v) is 12.5. The third-order valence-electron chi connectivity index (χ3n) is 3.26. The number of hydrogen-bond acceptors (Lipinski definition) is 2. The Morgan fingerprint density at radius 1 is 1.14 bits per heavy atom. The number of halogens is 2. The lowest BCUT2D eigenvalue weighted by Crippen LogP contribution is -2.13. The third-order valence-corrected chi connectivity index (χ3v) is 3.26. The van der Waals surface area contributed by atoms with Crippen molar-refractivity contribution in [3.63, 3.8) is 0 Å². The lowest BCUT2D eigenvalue weighted by Gasteiger charge is -2.11. The van der Waals surface area contributed by atoms with E-state index in [4.69, 9.17) is 4.74 Å². The second-order valence-electron chi connectivity index (χ2n) is 5.00. The number of nitrogens with one attached hydrogen (secondary N) is 1. The van der Waals surface area contributed by atoms with Gasteiger partial charge in [-0.3, -0.25) is 4.79 Å². The zero-order chi connectivity index (χ0) is 16.1. The van der Waals surface area contributed by atoms with E-state index in [9.17, 15) is 13.6 Å². The molecule has 0 heterocycles. The molecule has 116 valence electrons. The summed E-state index contributed by atoms with van der Waals surface area (Å²) < 4.78 is 31.1. The summed E-state index contributed by atoms with van der Waals surface area (Å²) in [6.07, 6.45) is 0.499. The molecule has 0 fully saturated rings. The lowest BCUT2D eigenvalue weighted by atomic mass is 10.1. The van der Waals surface area contributed by atoms with Gasteiger partial charge in [-0.1, -0.05) is 12.1 Å². The molecule has 3 nitrogen and oxygen atoms in total. The summed E-state index contributed by atoms with van der Waals surface area (Å²) in [5.74, 6) is -1.43. The fraction of sp³-hybridized carbons (Fsp3) is 0.235. The van der Waals surface area contributed by atoms with Crippen molar-refractivity contribution in [1.82, 2.24) is 0 Å². The molecule has 0 aromatic heterocycles. The van der Waals surface area contributed by atoms with Gasteiger partial charge in [-0.15, -0.1) is 0 Å². The van der Waals surface area contributed by atoms with E-state index in [1.54, 1.807) is 6.07 Å². The largest absolute Gasteiger partial charge is 0.495 e. The van der Waals surface area contributed by atoms with Crippen LogP contribution in [0.3, 0.4) is 0 Å². The topological polar surface area (TPSA) is 38.3 Å². The van der Waals surface area contributed by atoms with Gasteiger partial charge in [0.1, 0.15) is 5.75 Å². The van der Waals surface area contributed by atoms with Gasteiger partial charge in [0.2, 0.25) is 5.91 Å². The Kier molecular flexibility index (Phi) is 5.09. The van der Waals surface area contributed by atoms with E-state index in [-0.39, 0.29) is 12.3 Å². The molecule has 0 spiro atoms. The van der Waals surface area contributed by atoms with Crippen molar-refractivity contribution in [1.29, 1.82) is 0 Å². The molecule has 0 unspecified atom stereocenters. The van der Waals surface area contributed by atoms with Crippen LogP contribution < -0.4 is 10.1 Å². The van der Waals surface area contributed by atoms with Crippen LogP contribution >= 0.6 is 0 Å². The first-order valence-electron chi connectivity index (χ1n) is 6.88. The Balaban J connectivity index is 1.97. The molecule has 22 heavy (non-hydrogen) atoms. The Labute approximate surface area is 127 Å². The van der Waals surface area contributed by atoms with Crippen LogP contribution in [-0.2, 0) is 11.2 Å². The Morgan fingerprint density at radius 2 is 1.91 bits per heavy atom. The van der Waals surface area contributed by atoms with E-state index >= 15 is 0 Å². The molecule has 0 bridgehead atoms. The Morgan fingerprint density at radius 3 is 2.59 bits per heavy atom. The van der Waals surface area contributed by atoms with Gasteiger partial charge in [-0.25, -0.2) is 8.78 Å². The number of methoxy groups -OCH3 is 1. The quantitative estimate of drug-likeness (QED) is 0.911. The first kappa shape index (κ1) is 15.9. The van der Waals surface area contributed by atoms with Crippen LogP contribution in [0, 0.1) is 18.6 Å². The van der Waals surface area contributed by atoms with Gasteiger partial charge in [-0.2, -0.15) is 0 Å². The first-order chi connectivity index (χ1) is 10.5. The molecule has 5 heteroatoms. The average molecular weight is 305 g/mol. The highest BCUT2D eigenvalue weighted by Gasteiger charge is 2.09. The number of amides is 1. The fourth-order valence-electron chi connectivity index (χ4n) is 2.07. The van der Waals surface area contributed by atoms with Crippen molar-refractivity contribution in [2.45, 2.75) is 19.8 Å². The van der Waals surface area contributed by atoms with E-state index in [0.29, 0.717) is 23.4 Å². The standard InChI is InChI=1S/C17H17F2NO2/c1-11-3-7-15(16(9-11)22-2)20-17(21)8-5-12-4-6-13(18)14(19)10-12/h3-4,6-7,9-10H,5,8H2,1-2H3,(H,20,21). The smallest absolute Gasteiger partial charge is 0.224 e. The minimum absolute atomic E-state index is 0.169. The second kappa shape index (κ2) is 7.02. The number of benzene rings is 2. The lowest BCUT2D eigenvalue weighted by molar-refractivity contribution is -0.116. The van der Waals surface area contributed by atoms with E-state index in [2.05, 4.69) is 5.32 Å². The van der Waals surface area contributed by atoms with Crippen LogP contribution in [0.25, 0.3) is 0 Å². The SMILES string of the molecule is COc1cc(C)ccc1NC(=O)CCc1ccc(F)c(F)c1. The van der Waals surface area contributed by atoms with Gasteiger partial charge in [0, 0.05) is 6.42 Å². The van der Waals surface area contributed by atoms with Crippen molar-refractivity contribution >= 4 is 11.6 Å². The normalized spacial score (nSPS) is 10.4. The maximum absolute atomic E-state index is 13.1. The van der Waals surface area contributed by atoms with Crippen LogP contribution in [0.2, 0.25) is 0 Å². The summed E-state index contributed by atoms with van der Waals surface area (Å²) in [7, 11) is 1.53. The van der Waals surface area contributed by atoms with Crippen LogP contribution in [0.15, 0.2) is 36.4 Å². The molecule has 1 N–H and O–H groups in total. The molecule has 2 aromatic carbocycles. The molecule has 1 amide bonds.